The molecule has 8 rings (SSSR count). The summed E-state index contributed by atoms with van der Waals surface area (Å²) in [5.74, 6) is 0.915. The molecule has 0 spiro atoms. The Morgan fingerprint density at radius 2 is 1.25 bits per heavy atom. The van der Waals surface area contributed by atoms with Crippen LogP contribution in [0.5, 0.6) is 0 Å². The summed E-state index contributed by atoms with van der Waals surface area (Å²) in [5, 5.41) is 15.7. The zero-order valence-corrected chi connectivity index (χ0v) is 32.3. The van der Waals surface area contributed by atoms with Crippen molar-refractivity contribution >= 4 is 28.7 Å². The number of imidazole rings is 2. The molecule has 2 aliphatic rings. The summed E-state index contributed by atoms with van der Waals surface area (Å²) < 4.78 is 4.77. The fourth-order valence-electron chi connectivity index (χ4n) is 8.18. The van der Waals surface area contributed by atoms with E-state index in [9.17, 15) is 19.5 Å². The molecule has 2 fully saturated rings. The number of H-pyrrole nitrogens is 2. The quantitative estimate of drug-likeness (QED) is 0.111. The molecule has 6 aromatic rings. The van der Waals surface area contributed by atoms with Crippen LogP contribution in [0.15, 0.2) is 103 Å². The van der Waals surface area contributed by atoms with Gasteiger partial charge in [-0.3, -0.25) is 9.59 Å². The van der Waals surface area contributed by atoms with Crippen LogP contribution < -0.4 is 5.32 Å². The number of rotatable bonds is 10. The van der Waals surface area contributed by atoms with Crippen LogP contribution in [-0.2, 0) is 14.3 Å². The van der Waals surface area contributed by atoms with E-state index in [1.165, 1.54) is 7.11 Å². The van der Waals surface area contributed by atoms with Gasteiger partial charge in [0.15, 0.2) is 6.10 Å². The maximum absolute atomic E-state index is 13.6. The lowest BCUT2D eigenvalue weighted by Gasteiger charge is -2.30. The monoisotopic (exact) mass is 765 g/mol. The van der Waals surface area contributed by atoms with Crippen LogP contribution >= 0.6 is 0 Å². The van der Waals surface area contributed by atoms with Gasteiger partial charge in [-0.15, -0.1) is 0 Å². The second-order valence-electron chi connectivity index (χ2n) is 15.3. The number of aliphatic hydroxyl groups is 1. The number of nitrogens with one attached hydrogen (secondary N) is 3. The zero-order valence-electron chi connectivity index (χ0n) is 32.3. The predicted molar refractivity (Wildman–Crippen MR) is 217 cm³/mol. The van der Waals surface area contributed by atoms with Crippen molar-refractivity contribution in [1.82, 2.24) is 35.1 Å². The highest BCUT2D eigenvalue weighted by molar-refractivity contribution is 5.91. The number of hydrogen-bond acceptors (Lipinski definition) is 7. The number of alkyl carbamates (subject to hydrolysis) is 1. The highest BCUT2D eigenvalue weighted by Crippen LogP contribution is 2.36. The minimum Gasteiger partial charge on any atom is -0.453 e. The fraction of sp³-hybridized carbons (Fsp3) is 0.311. The maximum Gasteiger partial charge on any atom is 0.407 e. The summed E-state index contributed by atoms with van der Waals surface area (Å²) in [6.45, 7) is 4.99. The van der Waals surface area contributed by atoms with Crippen LogP contribution in [0.1, 0.15) is 74.9 Å². The van der Waals surface area contributed by atoms with E-state index in [1.54, 1.807) is 17.0 Å². The molecule has 2 saturated heterocycles. The van der Waals surface area contributed by atoms with Gasteiger partial charge in [-0.05, 0) is 76.8 Å². The number of aliphatic hydroxyl groups excluding tert-OH is 1. The van der Waals surface area contributed by atoms with Crippen molar-refractivity contribution in [2.75, 3.05) is 20.2 Å². The van der Waals surface area contributed by atoms with Gasteiger partial charge in [0.1, 0.15) is 17.7 Å². The Kier molecular flexibility index (Phi) is 10.6. The van der Waals surface area contributed by atoms with Crippen LogP contribution in [0.4, 0.5) is 4.79 Å². The van der Waals surface area contributed by atoms with Gasteiger partial charge in [-0.25, -0.2) is 14.8 Å². The van der Waals surface area contributed by atoms with Gasteiger partial charge < -0.3 is 34.9 Å². The first kappa shape index (κ1) is 37.6. The van der Waals surface area contributed by atoms with E-state index in [1.807, 2.05) is 49.3 Å². The molecule has 4 atom stereocenters. The summed E-state index contributed by atoms with van der Waals surface area (Å²) in [6.07, 6.45) is 5.08. The highest BCUT2D eigenvalue weighted by atomic mass is 16.5. The van der Waals surface area contributed by atoms with E-state index < -0.39 is 18.2 Å². The number of methoxy groups -OCH3 is 1. The van der Waals surface area contributed by atoms with Gasteiger partial charge in [-0.1, -0.05) is 92.7 Å². The number of fused-ring (bicyclic) bond motifs is 1. The van der Waals surface area contributed by atoms with Gasteiger partial charge >= 0.3 is 6.09 Å². The van der Waals surface area contributed by atoms with Gasteiger partial charge in [0, 0.05) is 18.7 Å². The van der Waals surface area contributed by atoms with Crippen molar-refractivity contribution in [1.29, 1.82) is 0 Å². The molecule has 2 aromatic heterocycles. The SMILES string of the molecule is COC(=O)N[C@H](C(=O)N1CCC[C@H]1c1ncc(-c2ccc3cc(-c4ccc(-c5cnc([C@@H]6CCCN6C(=O)[C@H](O)c6ccccc6)[nH]5)cc4)ccc3c2)[nH]1)C(C)C. The van der Waals surface area contributed by atoms with Crippen molar-refractivity contribution in [2.45, 2.75) is 63.8 Å². The lowest BCUT2D eigenvalue weighted by atomic mass is 9.98. The minimum absolute atomic E-state index is 0.102. The van der Waals surface area contributed by atoms with Crippen molar-refractivity contribution in [3.05, 3.63) is 121 Å². The Morgan fingerprint density at radius 3 is 1.84 bits per heavy atom. The van der Waals surface area contributed by atoms with Crippen molar-refractivity contribution in [3.63, 3.8) is 0 Å². The molecule has 12 nitrogen and oxygen atoms in total. The molecule has 0 bridgehead atoms. The van der Waals surface area contributed by atoms with Gasteiger partial charge in [-0.2, -0.15) is 0 Å². The molecule has 4 aromatic carbocycles. The lowest BCUT2D eigenvalue weighted by molar-refractivity contribution is -0.141. The van der Waals surface area contributed by atoms with E-state index in [-0.39, 0.29) is 29.8 Å². The average Bonchev–Trinajstić information content (AvgIpc) is 4.09. The number of nitrogens with zero attached hydrogens (tertiary/aromatic N) is 4. The normalized spacial score (nSPS) is 17.9. The summed E-state index contributed by atoms with van der Waals surface area (Å²) in [4.78, 5) is 58.7. The highest BCUT2D eigenvalue weighted by Gasteiger charge is 2.38. The summed E-state index contributed by atoms with van der Waals surface area (Å²) in [7, 11) is 1.29. The maximum atomic E-state index is 13.6. The lowest BCUT2D eigenvalue weighted by Crippen LogP contribution is -2.51. The third kappa shape index (κ3) is 7.65. The van der Waals surface area contributed by atoms with E-state index in [0.29, 0.717) is 18.7 Å². The third-order valence-electron chi connectivity index (χ3n) is 11.3. The minimum atomic E-state index is -1.20. The first-order valence-electron chi connectivity index (χ1n) is 19.6. The Labute approximate surface area is 331 Å². The number of likely N-dealkylation sites (tertiary alicyclic amines) is 2. The van der Waals surface area contributed by atoms with Crippen molar-refractivity contribution in [2.24, 2.45) is 5.92 Å². The molecular weight excluding hydrogens is 719 g/mol. The number of hydrogen-bond donors (Lipinski definition) is 4. The Morgan fingerprint density at radius 1 is 0.719 bits per heavy atom. The number of amides is 3. The Balaban J connectivity index is 0.940. The van der Waals surface area contributed by atoms with Crippen LogP contribution in [0.3, 0.4) is 0 Å². The fourth-order valence-corrected chi connectivity index (χ4v) is 8.18. The van der Waals surface area contributed by atoms with Gasteiger partial charge in [0.05, 0.1) is 43.0 Å². The van der Waals surface area contributed by atoms with Gasteiger partial charge in [0.25, 0.3) is 5.91 Å². The zero-order chi connectivity index (χ0) is 39.6. The largest absolute Gasteiger partial charge is 0.453 e. The second-order valence-corrected chi connectivity index (χ2v) is 15.3. The van der Waals surface area contributed by atoms with E-state index in [4.69, 9.17) is 9.72 Å². The molecule has 3 amide bonds. The molecular formula is C45H47N7O5. The molecule has 0 aliphatic carbocycles. The standard InChI is InChI=1S/C45H47N7O5/c1-27(2)39(50-45(56)57-3)43(54)51-21-7-11-37(51)41-47-26-36(49-41)34-20-19-32-23-31(17-18-33(32)24-34)28-13-15-29(16-14-28)35-25-46-42(48-35)38-12-8-22-52(38)44(55)40(53)30-9-5-4-6-10-30/h4-6,9-10,13-20,23-27,37-40,53H,7-8,11-12,21-22H2,1-3H3,(H,46,48)(H,47,49)(H,50,56)/t37-,38-,39-,40+/m0/s1. The predicted octanol–water partition coefficient (Wildman–Crippen LogP) is 7.73. The Hall–Kier alpha value is -6.27. The summed E-state index contributed by atoms with van der Waals surface area (Å²) >= 11 is 0. The molecule has 0 radical (unpaired) electrons. The van der Waals surface area contributed by atoms with Crippen LogP contribution in [0.25, 0.3) is 44.4 Å². The smallest absolute Gasteiger partial charge is 0.407 e. The molecule has 12 heteroatoms. The number of benzene rings is 4. The topological polar surface area (TPSA) is 157 Å². The number of carbonyl (C=O) groups is 3. The molecule has 292 valence electrons. The number of ether oxygens (including phenoxy) is 1. The molecule has 0 unspecified atom stereocenters. The third-order valence-corrected chi connectivity index (χ3v) is 11.3. The first-order valence-corrected chi connectivity index (χ1v) is 19.6. The molecule has 57 heavy (non-hydrogen) atoms. The average molecular weight is 766 g/mol. The Bertz CT molecular complexity index is 2390. The van der Waals surface area contributed by atoms with Crippen molar-refractivity contribution < 1.29 is 24.2 Å². The number of carbonyl (C=O) groups excluding carboxylic acids is 3. The van der Waals surface area contributed by atoms with Crippen molar-refractivity contribution in [3.8, 4) is 33.6 Å². The second kappa shape index (κ2) is 16.1. The van der Waals surface area contributed by atoms with Crippen LogP contribution in [-0.4, -0.2) is 79.0 Å². The van der Waals surface area contributed by atoms with E-state index >= 15 is 0 Å². The van der Waals surface area contributed by atoms with Crippen LogP contribution in [0.2, 0.25) is 0 Å². The molecule has 4 N–H and O–H groups in total. The molecule has 2 aliphatic heterocycles. The van der Waals surface area contributed by atoms with E-state index in [0.717, 1.165) is 81.7 Å². The molecule has 0 saturated carbocycles. The molecule has 4 heterocycles. The van der Waals surface area contributed by atoms with Gasteiger partial charge in [0.2, 0.25) is 5.91 Å². The van der Waals surface area contributed by atoms with E-state index in [2.05, 4.69) is 80.9 Å². The summed E-state index contributed by atoms with van der Waals surface area (Å²) in [6, 6.07) is 29.1. The number of aromatic nitrogens is 4. The number of aromatic amines is 2. The van der Waals surface area contributed by atoms with Crippen LogP contribution in [0, 0.1) is 5.92 Å². The summed E-state index contributed by atoms with van der Waals surface area (Å²) in [5.41, 5.74) is 6.50. The first-order chi connectivity index (χ1) is 27.7.